The molecule has 2 aliphatic heterocycles. The number of hydrogen-bond acceptors (Lipinski definition) is 10. The molecule has 7 atom stereocenters. The minimum atomic E-state index is -4.66. The second-order valence-electron chi connectivity index (χ2n) is 5.14. The zero-order valence-corrected chi connectivity index (χ0v) is 11.0. The van der Waals surface area contributed by atoms with E-state index in [2.05, 4.69) is 20.2 Å². The fourth-order valence-corrected chi connectivity index (χ4v) is 4.66. The van der Waals surface area contributed by atoms with Crippen LogP contribution in [0.15, 0.2) is 12.2 Å². The molecular formula is C9H13O10P. The SMILES string of the molecule is C=C(C)[C@]1(O)[C@@H](O)[C@@H](O)[C@@]2(O)OP3(=O)O[C@@]2(O)[C@]1(O)O3. The Hall–Kier alpha value is -0.390. The summed E-state index contributed by atoms with van der Waals surface area (Å²) in [6, 6.07) is 0. The fraction of sp³-hybridized carbons (Fsp3) is 0.778. The molecular weight excluding hydrogens is 299 g/mol. The van der Waals surface area contributed by atoms with Crippen LogP contribution >= 0.6 is 7.82 Å². The lowest BCUT2D eigenvalue weighted by atomic mass is 9.65. The summed E-state index contributed by atoms with van der Waals surface area (Å²) in [6.07, 6.45) is -4.64. The first-order valence-corrected chi connectivity index (χ1v) is 6.98. The molecule has 3 aliphatic rings. The number of aliphatic hydroxyl groups excluding tert-OH is 2. The Balaban J connectivity index is 2.32. The first kappa shape index (κ1) is 14.5. The quantitative estimate of drug-likeness (QED) is 0.221. The maximum absolute atomic E-state index is 11.9. The summed E-state index contributed by atoms with van der Waals surface area (Å²) in [5, 5.41) is 61.0. The van der Waals surface area contributed by atoms with Crippen molar-refractivity contribution < 1.29 is 48.8 Å². The van der Waals surface area contributed by atoms with E-state index in [-0.39, 0.29) is 5.57 Å². The highest BCUT2D eigenvalue weighted by molar-refractivity contribution is 7.49. The number of aliphatic hydroxyl groups is 6. The number of rotatable bonds is 1. The van der Waals surface area contributed by atoms with Gasteiger partial charge in [0.15, 0.2) is 5.60 Å². The second-order valence-corrected chi connectivity index (χ2v) is 6.58. The second kappa shape index (κ2) is 3.33. The van der Waals surface area contributed by atoms with Crippen LogP contribution in [0.2, 0.25) is 0 Å². The van der Waals surface area contributed by atoms with Crippen LogP contribution in [0, 0.1) is 0 Å². The monoisotopic (exact) mass is 312 g/mol. The van der Waals surface area contributed by atoms with Gasteiger partial charge in [0.05, 0.1) is 0 Å². The molecule has 10 nitrogen and oxygen atoms in total. The zero-order chi connectivity index (χ0) is 15.4. The Morgan fingerprint density at radius 3 is 2.00 bits per heavy atom. The molecule has 6 N–H and O–H groups in total. The highest BCUT2D eigenvalue weighted by Crippen LogP contribution is 2.78. The molecule has 0 amide bonds. The first-order chi connectivity index (χ1) is 8.88. The molecule has 2 saturated heterocycles. The van der Waals surface area contributed by atoms with Crippen molar-refractivity contribution >= 4 is 7.82 Å². The lowest BCUT2D eigenvalue weighted by molar-refractivity contribution is -0.482. The molecule has 20 heavy (non-hydrogen) atoms. The van der Waals surface area contributed by atoms with Crippen molar-refractivity contribution in [2.45, 2.75) is 42.1 Å². The van der Waals surface area contributed by atoms with Crippen LogP contribution in [-0.4, -0.2) is 65.8 Å². The van der Waals surface area contributed by atoms with Gasteiger partial charge in [-0.2, -0.15) is 0 Å². The van der Waals surface area contributed by atoms with Crippen LogP contribution in [0.4, 0.5) is 0 Å². The van der Waals surface area contributed by atoms with E-state index in [1.54, 1.807) is 0 Å². The minimum absolute atomic E-state index is 0.342. The van der Waals surface area contributed by atoms with Gasteiger partial charge in [-0.3, -0.25) is 0 Å². The predicted octanol–water partition coefficient (Wildman–Crippen LogP) is -2.72. The van der Waals surface area contributed by atoms with Gasteiger partial charge in [0.25, 0.3) is 17.4 Å². The molecule has 2 bridgehead atoms. The first-order valence-electron chi connectivity index (χ1n) is 5.52. The molecule has 1 aliphatic carbocycles. The number of hydrogen-bond donors (Lipinski definition) is 6. The molecule has 1 saturated carbocycles. The molecule has 0 aromatic heterocycles. The van der Waals surface area contributed by atoms with E-state index in [9.17, 15) is 35.2 Å². The molecule has 3 rings (SSSR count). The van der Waals surface area contributed by atoms with E-state index in [1.165, 1.54) is 0 Å². The van der Waals surface area contributed by atoms with Gasteiger partial charge in [-0.25, -0.2) is 18.1 Å². The Morgan fingerprint density at radius 1 is 1.05 bits per heavy atom. The fourth-order valence-electron chi connectivity index (χ4n) is 2.81. The van der Waals surface area contributed by atoms with Gasteiger partial charge >= 0.3 is 7.82 Å². The van der Waals surface area contributed by atoms with Crippen LogP contribution < -0.4 is 0 Å². The van der Waals surface area contributed by atoms with E-state index >= 15 is 0 Å². The molecule has 11 heteroatoms. The summed E-state index contributed by atoms with van der Waals surface area (Å²) in [4.78, 5) is 0. The van der Waals surface area contributed by atoms with Crippen LogP contribution in [-0.2, 0) is 18.1 Å². The zero-order valence-electron chi connectivity index (χ0n) is 10.1. The molecule has 3 fully saturated rings. The summed E-state index contributed by atoms with van der Waals surface area (Å²) < 4.78 is 25.4. The normalized spacial score (nSPS) is 64.5. The van der Waals surface area contributed by atoms with E-state index in [4.69, 9.17) is 0 Å². The van der Waals surface area contributed by atoms with Gasteiger partial charge in [-0.05, 0) is 12.5 Å². The Labute approximate surface area is 112 Å². The van der Waals surface area contributed by atoms with Crippen molar-refractivity contribution in [1.29, 1.82) is 0 Å². The van der Waals surface area contributed by atoms with E-state index in [0.29, 0.717) is 0 Å². The molecule has 0 aromatic rings. The van der Waals surface area contributed by atoms with Gasteiger partial charge in [0.2, 0.25) is 0 Å². The average molecular weight is 312 g/mol. The van der Waals surface area contributed by atoms with Gasteiger partial charge in [0, 0.05) is 0 Å². The lowest BCUT2D eigenvalue weighted by Gasteiger charge is -2.58. The number of phosphoric ester groups is 1. The van der Waals surface area contributed by atoms with E-state index in [0.717, 1.165) is 6.92 Å². The number of phosphoric acid groups is 1. The Kier molecular flexibility index (Phi) is 2.42. The molecule has 0 aromatic carbocycles. The van der Waals surface area contributed by atoms with E-state index in [1.807, 2.05) is 0 Å². The van der Waals surface area contributed by atoms with Crippen LogP contribution in [0.1, 0.15) is 6.92 Å². The lowest BCUT2D eigenvalue weighted by Crippen LogP contribution is -2.87. The molecule has 0 spiro atoms. The van der Waals surface area contributed by atoms with Crippen LogP contribution in [0.25, 0.3) is 0 Å². The summed E-state index contributed by atoms with van der Waals surface area (Å²) >= 11 is 0. The maximum Gasteiger partial charge on any atom is 0.483 e. The standard InChI is InChI=1S/C9H13O10P/c1-3(2)6(12)4(10)5(11)7(13)9(15)8(6,14)18-20(16,17-7)19-9/h4-5,10-15H,1H2,2H3/t4-,5+,6-,7+,8+,9+,20?/m0/s1. The third-order valence-corrected chi connectivity index (χ3v) is 5.46. The predicted molar refractivity (Wildman–Crippen MR) is 57.5 cm³/mol. The topological polar surface area (TPSA) is 166 Å². The largest absolute Gasteiger partial charge is 0.483 e. The smallest absolute Gasteiger partial charge is 0.387 e. The van der Waals surface area contributed by atoms with Crippen molar-refractivity contribution in [3.63, 3.8) is 0 Å². The van der Waals surface area contributed by atoms with Crippen molar-refractivity contribution in [2.75, 3.05) is 0 Å². The molecule has 1 unspecified atom stereocenters. The minimum Gasteiger partial charge on any atom is -0.387 e. The van der Waals surface area contributed by atoms with E-state index < -0.39 is 43.0 Å². The summed E-state index contributed by atoms with van der Waals surface area (Å²) in [6.45, 7) is 4.46. The molecule has 0 radical (unpaired) electrons. The van der Waals surface area contributed by atoms with Crippen LogP contribution in [0.3, 0.4) is 0 Å². The van der Waals surface area contributed by atoms with Crippen molar-refractivity contribution in [2.24, 2.45) is 0 Å². The molecule has 2 heterocycles. The summed E-state index contributed by atoms with van der Waals surface area (Å²) in [7, 11) is -4.66. The summed E-state index contributed by atoms with van der Waals surface area (Å²) in [5.74, 6) is -9.70. The number of fused-ring (bicyclic) bond motifs is 1. The Bertz CT molecular complexity index is 565. The maximum atomic E-state index is 11.9. The van der Waals surface area contributed by atoms with Gasteiger partial charge < -0.3 is 30.6 Å². The van der Waals surface area contributed by atoms with Crippen LogP contribution in [0.5, 0.6) is 0 Å². The highest BCUT2D eigenvalue weighted by Gasteiger charge is 2.94. The van der Waals surface area contributed by atoms with Crippen molar-refractivity contribution in [3.8, 4) is 0 Å². The third-order valence-electron chi connectivity index (χ3n) is 3.98. The van der Waals surface area contributed by atoms with Crippen molar-refractivity contribution in [3.05, 3.63) is 12.2 Å². The van der Waals surface area contributed by atoms with Crippen molar-refractivity contribution in [1.82, 2.24) is 0 Å². The summed E-state index contributed by atoms with van der Waals surface area (Å²) in [5.41, 5.74) is -3.21. The molecule has 114 valence electrons. The van der Waals surface area contributed by atoms with Gasteiger partial charge in [-0.1, -0.05) is 6.58 Å². The Morgan fingerprint density at radius 2 is 1.55 bits per heavy atom. The van der Waals surface area contributed by atoms with Gasteiger partial charge in [-0.15, -0.1) is 0 Å². The average Bonchev–Trinajstić information content (AvgIpc) is 2.66. The van der Waals surface area contributed by atoms with Gasteiger partial charge in [0.1, 0.15) is 12.2 Å². The third kappa shape index (κ3) is 1.10. The highest BCUT2D eigenvalue weighted by atomic mass is 31.2.